The Kier molecular flexibility index (Phi) is 6.56. The Morgan fingerprint density at radius 1 is 1.20 bits per heavy atom. The fraction of sp³-hybridized carbons (Fsp3) is 0.947. The molecule has 1 unspecified atom stereocenters. The maximum atomic E-state index is 9.75. The SMILES string of the molecule is CCCCC(CC)CC1(C#N)CCC(C(C)(C)C)CC1. The second-order valence-electron chi connectivity index (χ2n) is 8.15. The third-order valence-electron chi connectivity index (χ3n) is 5.63. The molecule has 0 amide bonds. The van der Waals surface area contributed by atoms with Crippen LogP contribution in [0.2, 0.25) is 0 Å². The Balaban J connectivity index is 2.60. The number of hydrogen-bond donors (Lipinski definition) is 0. The Bertz CT molecular complexity index is 310. The summed E-state index contributed by atoms with van der Waals surface area (Å²) in [6, 6.07) is 2.73. The summed E-state index contributed by atoms with van der Waals surface area (Å²) in [5, 5.41) is 9.75. The fourth-order valence-corrected chi connectivity index (χ4v) is 3.89. The van der Waals surface area contributed by atoms with Crippen molar-refractivity contribution in [3.05, 3.63) is 0 Å². The maximum absolute atomic E-state index is 9.75. The summed E-state index contributed by atoms with van der Waals surface area (Å²) in [4.78, 5) is 0. The van der Waals surface area contributed by atoms with Gasteiger partial charge in [-0.1, -0.05) is 60.3 Å². The molecule has 1 atom stereocenters. The summed E-state index contributed by atoms with van der Waals surface area (Å²) in [6.45, 7) is 11.6. The van der Waals surface area contributed by atoms with E-state index in [1.54, 1.807) is 0 Å². The average molecular weight is 277 g/mol. The van der Waals surface area contributed by atoms with Crippen molar-refractivity contribution in [3.8, 4) is 6.07 Å². The molecule has 1 aliphatic carbocycles. The van der Waals surface area contributed by atoms with Crippen LogP contribution < -0.4 is 0 Å². The van der Waals surface area contributed by atoms with Gasteiger partial charge in [0.1, 0.15) is 0 Å². The van der Waals surface area contributed by atoms with E-state index in [-0.39, 0.29) is 5.41 Å². The van der Waals surface area contributed by atoms with Crippen LogP contribution in [0.3, 0.4) is 0 Å². The lowest BCUT2D eigenvalue weighted by Crippen LogP contribution is -2.33. The van der Waals surface area contributed by atoms with Gasteiger partial charge in [0.05, 0.1) is 11.5 Å². The molecule has 1 nitrogen and oxygen atoms in total. The van der Waals surface area contributed by atoms with E-state index >= 15 is 0 Å². The molecule has 0 aromatic heterocycles. The quantitative estimate of drug-likeness (QED) is 0.555. The zero-order valence-electron chi connectivity index (χ0n) is 14.5. The first kappa shape index (κ1) is 17.5. The van der Waals surface area contributed by atoms with Crippen molar-refractivity contribution >= 4 is 0 Å². The first-order valence-electron chi connectivity index (χ1n) is 8.78. The molecular formula is C19H35N. The molecule has 0 N–H and O–H groups in total. The van der Waals surface area contributed by atoms with Gasteiger partial charge < -0.3 is 0 Å². The molecule has 0 bridgehead atoms. The molecule has 1 saturated carbocycles. The predicted molar refractivity (Wildman–Crippen MR) is 87.4 cm³/mol. The zero-order chi connectivity index (χ0) is 15.2. The zero-order valence-corrected chi connectivity index (χ0v) is 14.5. The van der Waals surface area contributed by atoms with Gasteiger partial charge >= 0.3 is 0 Å². The summed E-state index contributed by atoms with van der Waals surface area (Å²) < 4.78 is 0. The van der Waals surface area contributed by atoms with Crippen molar-refractivity contribution in [1.29, 1.82) is 5.26 Å². The molecular weight excluding hydrogens is 242 g/mol. The smallest absolute Gasteiger partial charge is 0.0689 e. The van der Waals surface area contributed by atoms with Gasteiger partial charge in [0.2, 0.25) is 0 Å². The minimum Gasteiger partial charge on any atom is -0.198 e. The van der Waals surface area contributed by atoms with E-state index in [9.17, 15) is 5.26 Å². The van der Waals surface area contributed by atoms with Gasteiger partial charge in [0.15, 0.2) is 0 Å². The molecule has 20 heavy (non-hydrogen) atoms. The summed E-state index contributed by atoms with van der Waals surface area (Å²) >= 11 is 0. The molecule has 116 valence electrons. The minimum absolute atomic E-state index is 0.00380. The highest BCUT2D eigenvalue weighted by molar-refractivity contribution is 5.03. The first-order chi connectivity index (χ1) is 9.37. The van der Waals surface area contributed by atoms with E-state index < -0.39 is 0 Å². The summed E-state index contributed by atoms with van der Waals surface area (Å²) in [5.74, 6) is 1.57. The number of nitrogens with zero attached hydrogens (tertiary/aromatic N) is 1. The van der Waals surface area contributed by atoms with Crippen LogP contribution in [0.4, 0.5) is 0 Å². The van der Waals surface area contributed by atoms with Crippen LogP contribution in [-0.2, 0) is 0 Å². The van der Waals surface area contributed by atoms with Crippen molar-refractivity contribution < 1.29 is 0 Å². The maximum Gasteiger partial charge on any atom is 0.0689 e. The standard InChI is InChI=1S/C19H35N/c1-6-8-9-16(7-2)14-19(15-20)12-10-17(11-13-19)18(3,4)5/h16-17H,6-14H2,1-5H3. The van der Waals surface area contributed by atoms with Crippen LogP contribution in [0, 0.1) is 34.0 Å². The Morgan fingerprint density at radius 3 is 2.20 bits per heavy atom. The van der Waals surface area contributed by atoms with Gasteiger partial charge in [-0.05, 0) is 49.4 Å². The lowest BCUT2D eigenvalue weighted by atomic mass is 9.62. The van der Waals surface area contributed by atoms with Crippen LogP contribution in [0.25, 0.3) is 0 Å². The van der Waals surface area contributed by atoms with E-state index in [0.29, 0.717) is 5.41 Å². The molecule has 0 radical (unpaired) electrons. The normalized spacial score (nSPS) is 28.9. The van der Waals surface area contributed by atoms with Crippen molar-refractivity contribution in [2.24, 2.45) is 22.7 Å². The monoisotopic (exact) mass is 277 g/mol. The number of unbranched alkanes of at least 4 members (excludes halogenated alkanes) is 1. The van der Waals surface area contributed by atoms with Crippen molar-refractivity contribution in [3.63, 3.8) is 0 Å². The molecule has 1 fully saturated rings. The third kappa shape index (κ3) is 4.80. The molecule has 0 spiro atoms. The van der Waals surface area contributed by atoms with Gasteiger partial charge in [-0.3, -0.25) is 0 Å². The third-order valence-corrected chi connectivity index (χ3v) is 5.63. The summed E-state index contributed by atoms with van der Waals surface area (Å²) in [6.07, 6.45) is 11.1. The molecule has 1 heteroatoms. The average Bonchev–Trinajstić information content (AvgIpc) is 2.43. The highest BCUT2D eigenvalue weighted by Gasteiger charge is 2.39. The highest BCUT2D eigenvalue weighted by Crippen LogP contribution is 2.48. The lowest BCUT2D eigenvalue weighted by Gasteiger charge is -2.42. The number of rotatable bonds is 6. The second kappa shape index (κ2) is 7.48. The summed E-state index contributed by atoms with van der Waals surface area (Å²) in [5.41, 5.74) is 0.407. The van der Waals surface area contributed by atoms with E-state index in [1.807, 2.05) is 0 Å². The van der Waals surface area contributed by atoms with E-state index in [4.69, 9.17) is 0 Å². The van der Waals surface area contributed by atoms with Gasteiger partial charge in [-0.15, -0.1) is 0 Å². The largest absolute Gasteiger partial charge is 0.198 e. The molecule has 0 aromatic carbocycles. The molecule has 0 heterocycles. The number of hydrogen-bond acceptors (Lipinski definition) is 1. The lowest BCUT2D eigenvalue weighted by molar-refractivity contribution is 0.102. The van der Waals surface area contributed by atoms with Crippen LogP contribution in [0.5, 0.6) is 0 Å². The van der Waals surface area contributed by atoms with Gasteiger partial charge in [-0.25, -0.2) is 0 Å². The Hall–Kier alpha value is -0.510. The molecule has 0 saturated heterocycles. The van der Waals surface area contributed by atoms with E-state index in [1.165, 1.54) is 38.5 Å². The van der Waals surface area contributed by atoms with Crippen LogP contribution >= 0.6 is 0 Å². The van der Waals surface area contributed by atoms with Crippen molar-refractivity contribution in [2.45, 2.75) is 92.4 Å². The van der Waals surface area contributed by atoms with Crippen LogP contribution in [0.1, 0.15) is 92.4 Å². The van der Waals surface area contributed by atoms with Crippen LogP contribution in [-0.4, -0.2) is 0 Å². The fourth-order valence-electron chi connectivity index (χ4n) is 3.89. The first-order valence-corrected chi connectivity index (χ1v) is 8.78. The second-order valence-corrected chi connectivity index (χ2v) is 8.15. The van der Waals surface area contributed by atoms with Crippen LogP contribution in [0.15, 0.2) is 0 Å². The van der Waals surface area contributed by atoms with Gasteiger partial charge in [0.25, 0.3) is 0 Å². The Morgan fingerprint density at radius 2 is 1.80 bits per heavy atom. The Labute approximate surface area is 127 Å². The molecule has 1 rings (SSSR count). The predicted octanol–water partition coefficient (Wildman–Crippen LogP) is 6.34. The minimum atomic E-state index is -0.00380. The molecule has 0 aromatic rings. The molecule has 0 aliphatic heterocycles. The van der Waals surface area contributed by atoms with Gasteiger partial charge in [-0.2, -0.15) is 5.26 Å². The number of nitriles is 1. The summed E-state index contributed by atoms with van der Waals surface area (Å²) in [7, 11) is 0. The van der Waals surface area contributed by atoms with Gasteiger partial charge in [0, 0.05) is 0 Å². The van der Waals surface area contributed by atoms with E-state index in [2.05, 4.69) is 40.7 Å². The van der Waals surface area contributed by atoms with E-state index in [0.717, 1.165) is 31.1 Å². The highest BCUT2D eigenvalue weighted by atomic mass is 14.5. The van der Waals surface area contributed by atoms with Crippen molar-refractivity contribution in [1.82, 2.24) is 0 Å². The topological polar surface area (TPSA) is 23.8 Å². The van der Waals surface area contributed by atoms with Crippen molar-refractivity contribution in [2.75, 3.05) is 0 Å². The molecule has 1 aliphatic rings.